The van der Waals surface area contributed by atoms with Crippen LogP contribution in [0.5, 0.6) is 0 Å². The van der Waals surface area contributed by atoms with Gasteiger partial charge in [-0.3, -0.25) is 0 Å². The average molecular weight is 889 g/mol. The molecule has 0 unspecified atom stereocenters. The van der Waals surface area contributed by atoms with Gasteiger partial charge in [0.2, 0.25) is 0 Å². The molecule has 318 valence electrons. The van der Waals surface area contributed by atoms with Crippen molar-refractivity contribution in [1.82, 2.24) is 0 Å². The van der Waals surface area contributed by atoms with Gasteiger partial charge in [0.05, 0.1) is 23.8 Å². The van der Waals surface area contributed by atoms with Gasteiger partial charge < -0.3 is 14.1 Å². The monoisotopic (exact) mass is 888 g/mol. The highest BCUT2D eigenvalue weighted by atomic mass is 31.1. The third-order valence-electron chi connectivity index (χ3n) is 10.4. The summed E-state index contributed by atoms with van der Waals surface area (Å²) in [4.78, 5) is 0. The predicted octanol–water partition coefficient (Wildman–Crippen LogP) is 1.47. The molecule has 0 aromatic heterocycles. The van der Waals surface area contributed by atoms with Crippen molar-refractivity contribution in [2.24, 2.45) is 0 Å². The normalized spacial score (nSPS) is 10.2. The first kappa shape index (κ1) is 49.7. The van der Waals surface area contributed by atoms with Crippen LogP contribution in [0.25, 0.3) is 0 Å². The highest BCUT2D eigenvalue weighted by molar-refractivity contribution is 7.80. The number of rotatable bonds is 9. The highest BCUT2D eigenvalue weighted by Crippen LogP contribution is 2.34. The number of halogens is 3. The highest BCUT2D eigenvalue weighted by Gasteiger charge is 2.27. The second-order valence-corrected chi connectivity index (χ2v) is 22.4. The fourth-order valence-corrected chi connectivity index (χ4v) is 14.9. The molecule has 0 saturated heterocycles. The molecule has 63 heavy (non-hydrogen) atoms. The van der Waals surface area contributed by atoms with Gasteiger partial charge in [-0.15, -0.1) is 0 Å². The van der Waals surface area contributed by atoms with Crippen LogP contribution in [0.4, 0.5) is 0 Å². The van der Waals surface area contributed by atoms with E-state index in [-0.39, 0.29) is 14.1 Å². The molecule has 0 amide bonds. The lowest BCUT2D eigenvalue weighted by Gasteiger charge is -2.10. The first-order valence-electron chi connectivity index (χ1n) is 20.7. The summed E-state index contributed by atoms with van der Waals surface area (Å²) in [5.74, 6) is 0. The van der Waals surface area contributed by atoms with E-state index in [1.165, 1.54) is 64.4 Å². The lowest BCUT2D eigenvalue weighted by molar-refractivity contribution is -0.00100. The van der Waals surface area contributed by atoms with Crippen LogP contribution in [0.3, 0.4) is 0 Å². The van der Waals surface area contributed by atoms with Gasteiger partial charge in [0.1, 0.15) is 47.7 Å². The lowest BCUT2D eigenvalue weighted by Crippen LogP contribution is -3.00. The van der Waals surface area contributed by atoms with Crippen molar-refractivity contribution in [2.75, 3.05) is 0 Å². The molecule has 0 aliphatic carbocycles. The molecule has 0 radical (unpaired) electrons. The van der Waals surface area contributed by atoms with Gasteiger partial charge in [-0.1, -0.05) is 162 Å². The van der Waals surface area contributed by atoms with Gasteiger partial charge in [0, 0.05) is 0 Å². The molecule has 0 aliphatic heterocycles. The van der Waals surface area contributed by atoms with Crippen LogP contribution < -0.4 is 61.9 Å². The van der Waals surface area contributed by atoms with Crippen molar-refractivity contribution < 1.29 is 14.1 Å². The summed E-state index contributed by atoms with van der Waals surface area (Å²) in [6.07, 6.45) is 0. The molecule has 9 aromatic rings. The van der Waals surface area contributed by atoms with Gasteiger partial charge in [-0.05, 0) is 130 Å². The second-order valence-electron chi connectivity index (χ2n) is 14.9. The lowest BCUT2D eigenvalue weighted by atomic mass is 10.2. The van der Waals surface area contributed by atoms with Crippen molar-refractivity contribution in [3.05, 3.63) is 271 Å². The summed E-state index contributed by atoms with van der Waals surface area (Å²) < 4.78 is 0. The number of hydrogen-bond acceptors (Lipinski definition) is 0. The van der Waals surface area contributed by atoms with Crippen molar-refractivity contribution in [3.63, 3.8) is 0 Å². The summed E-state index contributed by atoms with van der Waals surface area (Å²) in [6, 6.07) is 92.1. The Morgan fingerprint density at radius 3 is 0.444 bits per heavy atom. The smallest absolute Gasteiger partial charge is 0.102 e. The van der Waals surface area contributed by atoms with Crippen molar-refractivity contribution in [2.45, 2.75) is 20.8 Å². The fraction of sp³-hybridized carbons (Fsp3) is 0.0526. The number of benzene rings is 9. The number of aryl methyl sites for hydroxylation is 3. The Bertz CT molecular complexity index is 2170. The van der Waals surface area contributed by atoms with E-state index in [0.717, 1.165) is 0 Å². The molecule has 9 aromatic carbocycles. The topological polar surface area (TPSA) is 0 Å². The van der Waals surface area contributed by atoms with Crippen LogP contribution in [-0.2, 0) is 0 Å². The van der Waals surface area contributed by atoms with Crippen molar-refractivity contribution in [3.8, 4) is 0 Å². The molecule has 0 saturated carbocycles. The summed E-state index contributed by atoms with van der Waals surface area (Å²) in [7, 11) is -2.68. The fourth-order valence-electron chi connectivity index (χ4n) is 7.29. The van der Waals surface area contributed by atoms with Gasteiger partial charge in [-0.25, -0.2) is 0 Å². The van der Waals surface area contributed by atoms with E-state index in [0.29, 0.717) is 0 Å². The van der Waals surface area contributed by atoms with Crippen LogP contribution in [-0.4, -0.2) is 0 Å². The summed E-state index contributed by atoms with van der Waals surface area (Å²) in [6.45, 7) is 6.42. The Hall–Kier alpha value is -5.94. The maximum Gasteiger partial charge on any atom is 0.102 e. The van der Waals surface area contributed by atoms with E-state index in [1.807, 2.05) is 0 Å². The molecule has 0 heterocycles. The Morgan fingerprint density at radius 2 is 0.302 bits per heavy atom. The van der Waals surface area contributed by atoms with E-state index in [1.54, 1.807) is 0 Å². The minimum absolute atomic E-state index is 0. The molecule has 0 N–H and O–H groups in total. The Labute approximate surface area is 376 Å². The standard InChI is InChI=1S/3C19H17P.3FH/c3*1-16-12-14-19(15-13-16)20(17-8-4-2-5-9-17)18-10-6-3-7-11-18;;;/h3*2-15H,1H3;3*1H. The maximum absolute atomic E-state index is 2.28. The number of hydrogen-bond donors (Lipinski definition) is 0. The molecule has 9 rings (SSSR count). The van der Waals surface area contributed by atoms with Crippen LogP contribution in [0.15, 0.2) is 255 Å². The molecule has 0 atom stereocenters. The van der Waals surface area contributed by atoms with E-state index in [4.69, 9.17) is 0 Å². The van der Waals surface area contributed by atoms with Gasteiger partial charge >= 0.3 is 0 Å². The quantitative estimate of drug-likeness (QED) is 0.193. The Kier molecular flexibility index (Phi) is 20.4. The van der Waals surface area contributed by atoms with Crippen molar-refractivity contribution in [1.29, 1.82) is 0 Å². The molecule has 6 heteroatoms. The molecule has 0 aliphatic rings. The first-order chi connectivity index (χ1) is 29.5. The molecule has 0 spiro atoms. The third kappa shape index (κ3) is 14.0. The van der Waals surface area contributed by atoms with Crippen molar-refractivity contribution >= 4 is 71.5 Å². The van der Waals surface area contributed by atoms with E-state index in [9.17, 15) is 0 Å². The third-order valence-corrected chi connectivity index (χ3v) is 18.6. The zero-order chi connectivity index (χ0) is 41.4. The predicted molar refractivity (Wildman–Crippen MR) is 274 cm³/mol. The van der Waals surface area contributed by atoms with Crippen LogP contribution >= 0.6 is 23.8 Å². The van der Waals surface area contributed by atoms with Crippen LogP contribution in [0.1, 0.15) is 16.7 Å². The minimum atomic E-state index is -0.894. The molecule has 0 nitrogen and oxygen atoms in total. The molecule has 0 fully saturated rings. The second kappa shape index (κ2) is 25.9. The zero-order valence-electron chi connectivity index (χ0n) is 35.9. The maximum atomic E-state index is 2.28. The van der Waals surface area contributed by atoms with Gasteiger partial charge in [0.25, 0.3) is 0 Å². The van der Waals surface area contributed by atoms with Gasteiger partial charge in [-0.2, -0.15) is 0 Å². The SMILES string of the molecule is Cc1ccc([PH+](c2ccccc2)c2ccccc2)cc1.Cc1ccc([PH+](c2ccccc2)c2ccccc2)cc1.Cc1ccc([PH+](c2ccccc2)c2ccccc2)cc1.[F-].[F-].[F-]. The first-order valence-corrected chi connectivity index (χ1v) is 25.2. The largest absolute Gasteiger partial charge is 1.00 e. The molecular weight excluding hydrogens is 835 g/mol. The molecular formula is C57H54F3P3. The summed E-state index contributed by atoms with van der Waals surface area (Å²) in [5.41, 5.74) is 3.95. The summed E-state index contributed by atoms with van der Waals surface area (Å²) >= 11 is 0. The summed E-state index contributed by atoms with van der Waals surface area (Å²) in [5, 5.41) is 13.0. The van der Waals surface area contributed by atoms with E-state index >= 15 is 0 Å². The van der Waals surface area contributed by atoms with E-state index in [2.05, 4.69) is 276 Å². The Balaban J connectivity index is 0.000000203. The molecule has 0 bridgehead atoms. The van der Waals surface area contributed by atoms with Crippen LogP contribution in [0.2, 0.25) is 0 Å². The Morgan fingerprint density at radius 1 is 0.175 bits per heavy atom. The zero-order valence-corrected chi connectivity index (χ0v) is 38.9. The van der Waals surface area contributed by atoms with E-state index < -0.39 is 23.8 Å². The van der Waals surface area contributed by atoms with Gasteiger partial charge in [0.15, 0.2) is 0 Å². The minimum Gasteiger partial charge on any atom is -1.00 e. The van der Waals surface area contributed by atoms with Crippen LogP contribution in [0, 0.1) is 20.8 Å². The average Bonchev–Trinajstić information content (AvgIpc) is 3.31.